The molecule has 2 aromatic rings. The number of nitrogens with zero attached hydrogens (tertiary/aromatic N) is 1. The number of hydrazine groups is 1. The third-order valence-electron chi connectivity index (χ3n) is 3.93. The Kier molecular flexibility index (Phi) is 6.16. The van der Waals surface area contributed by atoms with Crippen molar-refractivity contribution in [1.29, 1.82) is 0 Å². The maximum atomic E-state index is 12.3. The third kappa shape index (κ3) is 4.55. The molecule has 1 saturated heterocycles. The van der Waals surface area contributed by atoms with E-state index in [1.54, 1.807) is 24.3 Å². The second-order valence-corrected chi connectivity index (χ2v) is 7.49. The van der Waals surface area contributed by atoms with Crippen molar-refractivity contribution in [2.24, 2.45) is 5.10 Å². The minimum Gasteiger partial charge on any atom is -0.507 e. The molecule has 1 heterocycles. The van der Waals surface area contributed by atoms with E-state index >= 15 is 0 Å². The van der Waals surface area contributed by atoms with Gasteiger partial charge in [-0.15, -0.1) is 0 Å². The van der Waals surface area contributed by atoms with Crippen LogP contribution >= 0.6 is 39.1 Å². The maximum absolute atomic E-state index is 12.3. The first-order valence-corrected chi connectivity index (χ1v) is 9.26. The number of hydrogen-bond acceptors (Lipinski definition) is 5. The van der Waals surface area contributed by atoms with Gasteiger partial charge >= 0.3 is 0 Å². The monoisotopic (exact) mass is 456 g/mol. The highest BCUT2D eigenvalue weighted by molar-refractivity contribution is 9.10. The minimum atomic E-state index is -0.472. The fourth-order valence-electron chi connectivity index (χ4n) is 2.59. The van der Waals surface area contributed by atoms with Crippen molar-refractivity contribution in [3.05, 3.63) is 62.0 Å². The van der Waals surface area contributed by atoms with Crippen LogP contribution in [0.4, 0.5) is 0 Å². The zero-order valence-corrected chi connectivity index (χ0v) is 16.4. The van der Waals surface area contributed by atoms with E-state index in [-0.39, 0.29) is 17.7 Å². The number of aromatic hydroxyl groups is 1. The summed E-state index contributed by atoms with van der Waals surface area (Å²) in [6.45, 7) is 0. The first-order valence-electron chi connectivity index (χ1n) is 7.71. The second kappa shape index (κ2) is 8.37. The molecule has 0 saturated carbocycles. The predicted octanol–water partition coefficient (Wildman–Crippen LogP) is 3.52. The van der Waals surface area contributed by atoms with Crippen molar-refractivity contribution in [3.63, 3.8) is 0 Å². The Labute approximate surface area is 168 Å². The van der Waals surface area contributed by atoms with Gasteiger partial charge in [-0.1, -0.05) is 45.2 Å². The summed E-state index contributed by atoms with van der Waals surface area (Å²) in [6.07, 6.45) is 1.89. The van der Waals surface area contributed by atoms with E-state index < -0.39 is 6.04 Å². The number of phenolic OH excluding ortho intramolecular Hbond substituents is 1. The summed E-state index contributed by atoms with van der Waals surface area (Å²) < 4.78 is 0.799. The van der Waals surface area contributed by atoms with Crippen LogP contribution in [0.1, 0.15) is 23.6 Å². The van der Waals surface area contributed by atoms with Crippen molar-refractivity contribution < 1.29 is 9.90 Å². The average Bonchev–Trinajstić information content (AvgIpc) is 3.07. The van der Waals surface area contributed by atoms with Gasteiger partial charge in [-0.05, 0) is 42.3 Å². The third-order valence-corrected chi connectivity index (χ3v) is 4.98. The maximum Gasteiger partial charge on any atom is 0.258 e. The molecule has 0 aliphatic carbocycles. The largest absolute Gasteiger partial charge is 0.507 e. The number of amides is 1. The smallest absolute Gasteiger partial charge is 0.258 e. The van der Waals surface area contributed by atoms with E-state index in [1.165, 1.54) is 12.3 Å². The molecule has 1 aliphatic heterocycles. The van der Waals surface area contributed by atoms with Crippen molar-refractivity contribution in [2.75, 3.05) is 0 Å². The molecule has 2 atom stereocenters. The van der Waals surface area contributed by atoms with Crippen LogP contribution in [-0.4, -0.2) is 23.3 Å². The molecule has 1 aliphatic rings. The highest BCUT2D eigenvalue weighted by Crippen LogP contribution is 2.30. The Morgan fingerprint density at radius 1 is 1.27 bits per heavy atom. The molecule has 4 N–H and O–H groups in total. The zero-order chi connectivity index (χ0) is 18.7. The van der Waals surface area contributed by atoms with E-state index in [4.69, 9.17) is 23.2 Å². The first kappa shape index (κ1) is 19.1. The highest BCUT2D eigenvalue weighted by Gasteiger charge is 2.31. The molecule has 1 fully saturated rings. The van der Waals surface area contributed by atoms with Crippen LogP contribution in [-0.2, 0) is 4.79 Å². The van der Waals surface area contributed by atoms with Gasteiger partial charge in [0.25, 0.3) is 5.91 Å². The van der Waals surface area contributed by atoms with Gasteiger partial charge in [0.1, 0.15) is 11.8 Å². The number of hydrazone groups is 1. The molecule has 0 bridgehead atoms. The number of phenols is 1. The number of benzene rings is 2. The molecule has 0 radical (unpaired) electrons. The van der Waals surface area contributed by atoms with Gasteiger partial charge in [0.15, 0.2) is 0 Å². The summed E-state index contributed by atoms with van der Waals surface area (Å²) >= 11 is 15.4. The van der Waals surface area contributed by atoms with Crippen molar-refractivity contribution >= 4 is 51.3 Å². The lowest BCUT2D eigenvalue weighted by molar-refractivity contribution is -0.122. The van der Waals surface area contributed by atoms with Crippen LogP contribution in [0, 0.1) is 0 Å². The zero-order valence-electron chi connectivity index (χ0n) is 13.3. The van der Waals surface area contributed by atoms with E-state index in [2.05, 4.69) is 37.3 Å². The van der Waals surface area contributed by atoms with Crippen molar-refractivity contribution in [2.45, 2.75) is 18.5 Å². The molecular weight excluding hydrogens is 443 g/mol. The lowest BCUT2D eigenvalue weighted by Gasteiger charge is -2.11. The molecule has 26 heavy (non-hydrogen) atoms. The molecule has 3 rings (SSSR count). The van der Waals surface area contributed by atoms with Crippen LogP contribution in [0.3, 0.4) is 0 Å². The van der Waals surface area contributed by atoms with E-state index in [0.29, 0.717) is 22.0 Å². The summed E-state index contributed by atoms with van der Waals surface area (Å²) in [5.74, 6) is -0.222. The van der Waals surface area contributed by atoms with Gasteiger partial charge < -0.3 is 5.11 Å². The summed E-state index contributed by atoms with van der Waals surface area (Å²) in [5.41, 5.74) is 9.80. The van der Waals surface area contributed by atoms with Crippen LogP contribution < -0.4 is 16.3 Å². The number of halogens is 3. The normalized spacial score (nSPS) is 19.8. The Morgan fingerprint density at radius 3 is 2.85 bits per heavy atom. The quantitative estimate of drug-likeness (QED) is 0.418. The second-order valence-electron chi connectivity index (χ2n) is 5.73. The fraction of sp³-hybridized carbons (Fsp3) is 0.176. The average molecular weight is 458 g/mol. The van der Waals surface area contributed by atoms with Gasteiger partial charge in [-0.3, -0.25) is 4.79 Å². The summed E-state index contributed by atoms with van der Waals surface area (Å²) in [4.78, 5) is 12.3. The van der Waals surface area contributed by atoms with Gasteiger partial charge in [0.05, 0.1) is 6.21 Å². The Bertz CT molecular complexity index is 863. The van der Waals surface area contributed by atoms with Gasteiger partial charge in [-0.25, -0.2) is 16.3 Å². The van der Waals surface area contributed by atoms with Crippen LogP contribution in [0.25, 0.3) is 0 Å². The van der Waals surface area contributed by atoms with Crippen molar-refractivity contribution in [1.82, 2.24) is 16.3 Å². The van der Waals surface area contributed by atoms with E-state index in [1.807, 2.05) is 6.07 Å². The fourth-order valence-corrected chi connectivity index (χ4v) is 3.51. The van der Waals surface area contributed by atoms with E-state index in [0.717, 1.165) is 10.0 Å². The summed E-state index contributed by atoms with van der Waals surface area (Å²) in [5, 5.41) is 14.7. The Balaban J connectivity index is 1.59. The SMILES string of the molecule is O=C(N/N=C\c1cc(Br)ccc1O)C1CC(c2ccc(Cl)cc2Cl)NN1. The number of carbonyl (C=O) groups excluding carboxylic acids is 1. The first-order chi connectivity index (χ1) is 12.4. The number of hydrogen-bond donors (Lipinski definition) is 4. The van der Waals surface area contributed by atoms with Gasteiger partial charge in [0, 0.05) is 26.1 Å². The Hall–Kier alpha value is -1.64. The molecule has 2 aromatic carbocycles. The van der Waals surface area contributed by atoms with E-state index in [9.17, 15) is 9.90 Å². The lowest BCUT2D eigenvalue weighted by Crippen LogP contribution is -2.41. The highest BCUT2D eigenvalue weighted by atomic mass is 79.9. The Morgan fingerprint density at radius 2 is 2.08 bits per heavy atom. The summed E-state index contributed by atoms with van der Waals surface area (Å²) in [7, 11) is 0. The molecule has 136 valence electrons. The minimum absolute atomic E-state index is 0.0734. The van der Waals surface area contributed by atoms with Gasteiger partial charge in [-0.2, -0.15) is 5.10 Å². The molecule has 2 unspecified atom stereocenters. The molecule has 0 aromatic heterocycles. The van der Waals surface area contributed by atoms with Crippen LogP contribution in [0.15, 0.2) is 46.0 Å². The molecule has 1 amide bonds. The molecule has 6 nitrogen and oxygen atoms in total. The lowest BCUT2D eigenvalue weighted by atomic mass is 10.0. The number of carbonyl (C=O) groups is 1. The van der Waals surface area contributed by atoms with Gasteiger partial charge in [0.2, 0.25) is 0 Å². The molecule has 9 heteroatoms. The van der Waals surface area contributed by atoms with Crippen LogP contribution in [0.2, 0.25) is 10.0 Å². The standard InChI is InChI=1S/C17H15BrCl2N4O2/c18-10-1-4-16(25)9(5-10)8-21-24-17(26)15-7-14(22-23-15)12-3-2-11(19)6-13(12)20/h1-6,8,14-15,22-23,25H,7H2,(H,24,26)/b21-8-. The number of nitrogens with one attached hydrogen (secondary N) is 3. The topological polar surface area (TPSA) is 85.8 Å². The number of rotatable bonds is 4. The predicted molar refractivity (Wildman–Crippen MR) is 105 cm³/mol. The summed E-state index contributed by atoms with van der Waals surface area (Å²) in [6, 6.07) is 9.61. The van der Waals surface area contributed by atoms with Crippen LogP contribution in [0.5, 0.6) is 5.75 Å². The molecule has 0 spiro atoms. The van der Waals surface area contributed by atoms with Crippen molar-refractivity contribution in [3.8, 4) is 5.75 Å². The molecular formula is C17H15BrCl2N4O2.